The van der Waals surface area contributed by atoms with Crippen LogP contribution in [0.25, 0.3) is 0 Å². The van der Waals surface area contributed by atoms with E-state index in [1.54, 1.807) is 6.92 Å². The number of nitrogens with one attached hydrogen (secondary N) is 3. The third-order valence-electron chi connectivity index (χ3n) is 1.86. The first-order valence-electron chi connectivity index (χ1n) is 5.41. The molecule has 0 rings (SSSR count). The summed E-state index contributed by atoms with van der Waals surface area (Å²) in [4.78, 5) is 21.6. The van der Waals surface area contributed by atoms with Crippen LogP contribution in [0.5, 0.6) is 0 Å². The predicted octanol–water partition coefficient (Wildman–Crippen LogP) is -0.912. The van der Waals surface area contributed by atoms with Crippen molar-refractivity contribution in [3.63, 3.8) is 0 Å². The largest absolute Gasteiger partial charge is 0.481 e. The molecule has 4 N–H and O–H groups in total. The summed E-state index contributed by atoms with van der Waals surface area (Å²) in [7, 11) is -3.20. The second kappa shape index (κ2) is 7.88. The zero-order valence-electron chi connectivity index (χ0n) is 10.4. The summed E-state index contributed by atoms with van der Waals surface area (Å²) in [5.74, 6) is -0.986. The maximum atomic E-state index is 11.2. The lowest BCUT2D eigenvalue weighted by atomic mass is 10.2. The van der Waals surface area contributed by atoms with Gasteiger partial charge in [-0.1, -0.05) is 0 Å². The predicted molar refractivity (Wildman–Crippen MR) is 65.7 cm³/mol. The van der Waals surface area contributed by atoms with E-state index in [2.05, 4.69) is 15.4 Å². The average Bonchev–Trinajstić information content (AvgIpc) is 2.13. The normalized spacial score (nSPS) is 12.8. The van der Waals surface area contributed by atoms with Gasteiger partial charge in [-0.2, -0.15) is 0 Å². The van der Waals surface area contributed by atoms with E-state index in [9.17, 15) is 18.0 Å². The van der Waals surface area contributed by atoms with Gasteiger partial charge >= 0.3 is 12.0 Å². The highest BCUT2D eigenvalue weighted by Crippen LogP contribution is 1.89. The van der Waals surface area contributed by atoms with Crippen LogP contribution >= 0.6 is 0 Å². The number of hydrogen-bond acceptors (Lipinski definition) is 4. The van der Waals surface area contributed by atoms with Crippen LogP contribution in [0.1, 0.15) is 19.8 Å². The van der Waals surface area contributed by atoms with Gasteiger partial charge in [0.05, 0.1) is 12.7 Å². The summed E-state index contributed by atoms with van der Waals surface area (Å²) >= 11 is 0. The summed E-state index contributed by atoms with van der Waals surface area (Å²) in [6, 6.07) is -0.931. The summed E-state index contributed by atoms with van der Waals surface area (Å²) in [6.45, 7) is 2.12. The van der Waals surface area contributed by atoms with Crippen LogP contribution < -0.4 is 15.4 Å². The fourth-order valence-electron chi connectivity index (χ4n) is 1.14. The van der Waals surface area contributed by atoms with Gasteiger partial charge in [0.1, 0.15) is 0 Å². The Morgan fingerprint density at radius 2 is 1.89 bits per heavy atom. The van der Waals surface area contributed by atoms with Crippen LogP contribution in [-0.2, 0) is 14.8 Å². The molecule has 0 aromatic carbocycles. The van der Waals surface area contributed by atoms with Crippen molar-refractivity contribution < 1.29 is 23.1 Å². The summed E-state index contributed by atoms with van der Waals surface area (Å²) in [6.07, 6.45) is 1.36. The molecule has 0 saturated carbocycles. The average molecular weight is 281 g/mol. The van der Waals surface area contributed by atoms with Crippen molar-refractivity contribution >= 4 is 22.0 Å². The van der Waals surface area contributed by atoms with Crippen molar-refractivity contribution in [1.29, 1.82) is 0 Å². The molecule has 8 nitrogen and oxygen atoms in total. The van der Waals surface area contributed by atoms with E-state index in [4.69, 9.17) is 5.11 Å². The highest BCUT2D eigenvalue weighted by Gasteiger charge is 2.10. The Morgan fingerprint density at radius 1 is 1.28 bits per heavy atom. The zero-order chi connectivity index (χ0) is 14.2. The minimum atomic E-state index is -3.20. The molecule has 0 aliphatic carbocycles. The maximum Gasteiger partial charge on any atom is 0.315 e. The number of carbonyl (C=O) groups is 2. The van der Waals surface area contributed by atoms with Crippen LogP contribution in [-0.4, -0.2) is 50.9 Å². The number of hydrogen-bond donors (Lipinski definition) is 4. The Bertz CT molecular complexity index is 382. The molecule has 0 fully saturated rings. The molecule has 0 aromatic rings. The number of urea groups is 1. The van der Waals surface area contributed by atoms with E-state index in [1.165, 1.54) is 0 Å². The van der Waals surface area contributed by atoms with E-state index in [0.29, 0.717) is 13.0 Å². The Balaban J connectivity index is 3.62. The number of carbonyl (C=O) groups excluding carboxylic acids is 1. The molecule has 1 atom stereocenters. The Labute approximate surface area is 106 Å². The van der Waals surface area contributed by atoms with Crippen LogP contribution in [0.2, 0.25) is 0 Å². The summed E-state index contributed by atoms with van der Waals surface area (Å²) in [5.41, 5.74) is 0. The number of carboxylic acid groups (broad SMARTS) is 1. The Morgan fingerprint density at radius 3 is 2.39 bits per heavy atom. The van der Waals surface area contributed by atoms with Crippen molar-refractivity contribution in [1.82, 2.24) is 15.4 Å². The molecule has 0 aliphatic rings. The van der Waals surface area contributed by atoms with Gasteiger partial charge in [0.15, 0.2) is 0 Å². The van der Waals surface area contributed by atoms with Crippen molar-refractivity contribution in [2.45, 2.75) is 25.8 Å². The SMILES string of the molecule is CC(CC(=O)O)NC(=O)NCCCNS(C)(=O)=O. The smallest absolute Gasteiger partial charge is 0.315 e. The highest BCUT2D eigenvalue weighted by molar-refractivity contribution is 7.88. The van der Waals surface area contributed by atoms with Crippen molar-refractivity contribution in [2.24, 2.45) is 0 Å². The lowest BCUT2D eigenvalue weighted by Gasteiger charge is -2.12. The zero-order valence-corrected chi connectivity index (χ0v) is 11.2. The monoisotopic (exact) mass is 281 g/mol. The van der Waals surface area contributed by atoms with Gasteiger partial charge in [-0.15, -0.1) is 0 Å². The first-order valence-corrected chi connectivity index (χ1v) is 7.30. The number of sulfonamides is 1. The molecular weight excluding hydrogens is 262 g/mol. The van der Waals surface area contributed by atoms with E-state index in [-0.39, 0.29) is 13.0 Å². The number of aliphatic carboxylic acids is 1. The molecular formula is C9H19N3O5S. The second-order valence-electron chi connectivity index (χ2n) is 3.92. The van der Waals surface area contributed by atoms with E-state index in [0.717, 1.165) is 6.26 Å². The third kappa shape index (κ3) is 11.1. The molecule has 0 bridgehead atoms. The molecule has 0 aromatic heterocycles. The van der Waals surface area contributed by atoms with Crippen LogP contribution in [0.3, 0.4) is 0 Å². The van der Waals surface area contributed by atoms with E-state index in [1.807, 2.05) is 0 Å². The van der Waals surface area contributed by atoms with Gasteiger partial charge < -0.3 is 15.7 Å². The third-order valence-corrected chi connectivity index (χ3v) is 2.59. The molecule has 0 radical (unpaired) electrons. The molecule has 106 valence electrons. The minimum absolute atomic E-state index is 0.150. The number of rotatable bonds is 8. The van der Waals surface area contributed by atoms with Crippen molar-refractivity contribution in [3.8, 4) is 0 Å². The topological polar surface area (TPSA) is 125 Å². The number of amides is 2. The molecule has 18 heavy (non-hydrogen) atoms. The Hall–Kier alpha value is -1.35. The van der Waals surface area contributed by atoms with Crippen LogP contribution in [0.4, 0.5) is 4.79 Å². The van der Waals surface area contributed by atoms with Crippen molar-refractivity contribution in [3.05, 3.63) is 0 Å². The van der Waals surface area contributed by atoms with Gasteiger partial charge in [0, 0.05) is 19.1 Å². The fraction of sp³-hybridized carbons (Fsp3) is 0.778. The molecule has 0 heterocycles. The highest BCUT2D eigenvalue weighted by atomic mass is 32.2. The van der Waals surface area contributed by atoms with E-state index >= 15 is 0 Å². The standard InChI is InChI=1S/C9H19N3O5S/c1-7(6-8(13)14)12-9(15)10-4-3-5-11-18(2,16)17/h7,11H,3-6H2,1-2H3,(H,13,14)(H2,10,12,15). The quantitative estimate of drug-likeness (QED) is 0.429. The van der Waals surface area contributed by atoms with Gasteiger partial charge in [-0.3, -0.25) is 4.79 Å². The first-order chi connectivity index (χ1) is 8.20. The first kappa shape index (κ1) is 16.6. The Kier molecular flexibility index (Phi) is 7.29. The second-order valence-corrected chi connectivity index (χ2v) is 5.75. The molecule has 9 heteroatoms. The van der Waals surface area contributed by atoms with Gasteiger partial charge in [-0.25, -0.2) is 17.9 Å². The van der Waals surface area contributed by atoms with Crippen LogP contribution in [0, 0.1) is 0 Å². The lowest BCUT2D eigenvalue weighted by Crippen LogP contribution is -2.42. The summed E-state index contributed by atoms with van der Waals surface area (Å²) in [5, 5.41) is 13.4. The maximum absolute atomic E-state index is 11.2. The molecule has 1 unspecified atom stereocenters. The van der Waals surface area contributed by atoms with E-state index < -0.39 is 28.1 Å². The molecule has 0 spiro atoms. The van der Waals surface area contributed by atoms with Crippen LogP contribution in [0.15, 0.2) is 0 Å². The molecule has 2 amide bonds. The van der Waals surface area contributed by atoms with Gasteiger partial charge in [-0.05, 0) is 13.3 Å². The molecule has 0 saturated heterocycles. The number of carboxylic acids is 1. The van der Waals surface area contributed by atoms with Crippen molar-refractivity contribution in [2.75, 3.05) is 19.3 Å². The minimum Gasteiger partial charge on any atom is -0.481 e. The van der Waals surface area contributed by atoms with Gasteiger partial charge in [0.2, 0.25) is 10.0 Å². The van der Waals surface area contributed by atoms with Gasteiger partial charge in [0.25, 0.3) is 0 Å². The molecule has 0 aliphatic heterocycles. The summed E-state index contributed by atoms with van der Waals surface area (Å²) < 4.78 is 23.7. The lowest BCUT2D eigenvalue weighted by molar-refractivity contribution is -0.137. The fourth-order valence-corrected chi connectivity index (χ4v) is 1.65.